The Hall–Kier alpha value is -10.3. The summed E-state index contributed by atoms with van der Waals surface area (Å²) in [5, 5.41) is 40.0. The molecule has 491 valence electrons. The van der Waals surface area contributed by atoms with Crippen molar-refractivity contribution in [3.8, 4) is 45.0 Å². The molecule has 1 aliphatic heterocycles. The van der Waals surface area contributed by atoms with Crippen molar-refractivity contribution >= 4 is 84.5 Å². The molecule has 0 spiro atoms. The van der Waals surface area contributed by atoms with Gasteiger partial charge in [-0.3, -0.25) is 34.3 Å². The van der Waals surface area contributed by atoms with Crippen LogP contribution in [0.5, 0.6) is 0 Å². The first-order valence-corrected chi connectivity index (χ1v) is 31.3. The molecular weight excluding hydrogens is 1360 g/mol. The molecule has 0 fully saturated rings. The van der Waals surface area contributed by atoms with E-state index in [1.54, 1.807) is 24.8 Å². The zero-order valence-electron chi connectivity index (χ0n) is 51.9. The van der Waals surface area contributed by atoms with Crippen molar-refractivity contribution in [2.75, 3.05) is 45.3 Å². The van der Waals surface area contributed by atoms with Crippen molar-refractivity contribution in [3.63, 3.8) is 0 Å². The van der Waals surface area contributed by atoms with Gasteiger partial charge in [-0.1, -0.05) is 84.9 Å². The van der Waals surface area contributed by atoms with E-state index in [-0.39, 0.29) is 75.3 Å². The normalized spacial score (nSPS) is 11.5. The number of ether oxygens (including phenoxy) is 2. The van der Waals surface area contributed by atoms with Crippen molar-refractivity contribution in [3.05, 3.63) is 254 Å². The number of hydrogen-bond acceptors (Lipinski definition) is 12. The van der Waals surface area contributed by atoms with Gasteiger partial charge in [-0.05, 0) is 119 Å². The van der Waals surface area contributed by atoms with Gasteiger partial charge < -0.3 is 40.4 Å². The van der Waals surface area contributed by atoms with E-state index >= 15 is 8.78 Å². The number of rotatable bonds is 19. The van der Waals surface area contributed by atoms with Crippen LogP contribution in [0.15, 0.2) is 184 Å². The maximum absolute atomic E-state index is 16.5. The molecule has 10 aromatic rings. The Morgan fingerprint density at radius 2 is 1.19 bits per heavy atom. The molecule has 16 nitrogen and oxygen atoms in total. The summed E-state index contributed by atoms with van der Waals surface area (Å²) in [5.74, 6) is -10.5. The summed E-state index contributed by atoms with van der Waals surface area (Å²) in [4.78, 5) is 66.2. The number of carbonyl (C=O) groups is 3. The first-order valence-electron chi connectivity index (χ1n) is 30.3. The predicted molar refractivity (Wildman–Crippen MR) is 361 cm³/mol. The maximum Gasteiger partial charge on any atom is 2.00 e. The van der Waals surface area contributed by atoms with E-state index in [1.807, 2.05) is 104 Å². The standard InChI is InChI=1S/C44H39F5N4O8S.C18H10N2.C12H8N2.Rh/c1-23-6-8-50-31(16-23)32-17-25(7-9-51-32)4-3-5-36(55)52-10-12-59-14-15-60-13-11-53-37(56)22-62-43-41(48)24(2)38(44(57)58)40(42(43)49)39-26-18-28(45)29(46)20-34(26)61-35-21-33(54)30(47)19-27(35)39;19-17-15-8-4-3-7-13(15)14-10-9-11-5-1-2-6-12(11)16(14)18(17)20;1-3-9-5-6-10-4-2-8-14-12(10)11(9)13-7-1;/h6-9,16-21H,3-5,10-15,22H2,1-2H3,(H,52,55)(H,53,56)(H,57,58);1-10H;1-8H;/q;-2;;+2. The van der Waals surface area contributed by atoms with Crippen LogP contribution in [-0.4, -0.2) is 99.5 Å². The van der Waals surface area contributed by atoms with Crippen LogP contribution in [0.4, 0.5) is 22.0 Å². The van der Waals surface area contributed by atoms with Crippen LogP contribution in [0.1, 0.15) is 51.0 Å². The van der Waals surface area contributed by atoms with Gasteiger partial charge in [0.2, 0.25) is 17.2 Å². The largest absolute Gasteiger partial charge is 2.00 e. The number of carboxylic acid groups (broad SMARTS) is 1. The third-order valence-corrected chi connectivity index (χ3v) is 16.8. The van der Waals surface area contributed by atoms with E-state index in [0.29, 0.717) is 73.0 Å². The summed E-state index contributed by atoms with van der Waals surface area (Å²) in [6.07, 6.45) is 8.77. The van der Waals surface area contributed by atoms with Gasteiger partial charge in [0.05, 0.1) is 65.1 Å². The number of aromatic nitrogens is 4. The number of carboxylic acids is 1. The first-order chi connectivity index (χ1) is 46.4. The maximum atomic E-state index is 16.5. The van der Waals surface area contributed by atoms with Crippen molar-refractivity contribution in [1.29, 1.82) is 0 Å². The van der Waals surface area contributed by atoms with Crippen LogP contribution in [0.25, 0.3) is 99.3 Å². The molecule has 4 aromatic heterocycles. The number of benzene rings is 7. The van der Waals surface area contributed by atoms with Gasteiger partial charge in [0.1, 0.15) is 23.0 Å². The summed E-state index contributed by atoms with van der Waals surface area (Å²) in [7, 11) is 0. The molecule has 2 aliphatic carbocycles. The Balaban J connectivity index is 0.000000232. The zero-order valence-corrected chi connectivity index (χ0v) is 54.3. The smallest absolute Gasteiger partial charge is 0.804 e. The van der Waals surface area contributed by atoms with E-state index in [4.69, 9.17) is 13.9 Å². The molecule has 0 bridgehead atoms. The Morgan fingerprint density at radius 3 is 1.88 bits per heavy atom. The molecule has 97 heavy (non-hydrogen) atoms. The second-order valence-corrected chi connectivity index (χ2v) is 23.1. The molecule has 5 heterocycles. The molecular formula is C74H57F5N8O8RhS. The Kier molecular flexibility index (Phi) is 22.6. The van der Waals surface area contributed by atoms with E-state index in [1.165, 1.54) is 0 Å². The van der Waals surface area contributed by atoms with Crippen molar-refractivity contribution in [2.24, 2.45) is 0 Å². The number of aryl methyl sites for hydroxylation is 2. The third-order valence-electron chi connectivity index (χ3n) is 15.8. The van der Waals surface area contributed by atoms with Gasteiger partial charge in [-0.15, -0.1) is 11.8 Å². The monoisotopic (exact) mass is 1420 g/mol. The topological polar surface area (TPSA) is 240 Å². The SMILES string of the molecule is Cc1ccnc(-c2cc(CCCC(=O)NCCOCCOCCNC(=O)CSc3c(F)c(C)c(C(=O)O)c(-c4c5cc(F)c(=O)cc-5oc5cc(F)c(F)cc45)c3F)ccn2)c1.[N-]=C1C(=[N-])c2c(ccc3ccccc23)-c2ccccc21.[Rh+2].c1cnc2c(c1)ccc1cccnc12. The molecule has 0 saturated carbocycles. The second-order valence-electron chi connectivity index (χ2n) is 22.2. The minimum absolute atomic E-state index is 0. The summed E-state index contributed by atoms with van der Waals surface area (Å²) < 4.78 is 92.1. The third kappa shape index (κ3) is 15.7. The molecule has 3 aliphatic rings. The number of aromatic carboxylic acids is 1. The number of carbonyl (C=O) groups excluding carboxylic acids is 2. The average Bonchev–Trinajstić information content (AvgIpc) is 0.736. The van der Waals surface area contributed by atoms with Gasteiger partial charge in [0, 0.05) is 94.8 Å². The molecule has 0 unspecified atom stereocenters. The Morgan fingerprint density at radius 1 is 0.567 bits per heavy atom. The number of pyridine rings is 4. The zero-order chi connectivity index (χ0) is 67.6. The number of thioether (sulfide) groups is 1. The number of amides is 2. The molecule has 23 heteroatoms. The number of fused-ring (bicyclic) bond motifs is 10. The number of halogens is 5. The fraction of sp³-hybridized carbons (Fsp3) is 0.162. The summed E-state index contributed by atoms with van der Waals surface area (Å²) in [6, 6.07) is 41.9. The quantitative estimate of drug-likeness (QED) is 0.0171. The van der Waals surface area contributed by atoms with Crippen LogP contribution >= 0.6 is 11.8 Å². The molecule has 2 amide bonds. The fourth-order valence-corrected chi connectivity index (χ4v) is 12.1. The Bertz CT molecular complexity index is 5010. The fourth-order valence-electron chi connectivity index (χ4n) is 11.2. The van der Waals surface area contributed by atoms with Gasteiger partial charge >= 0.3 is 25.4 Å². The minimum atomic E-state index is -1.80. The second kappa shape index (κ2) is 31.5. The summed E-state index contributed by atoms with van der Waals surface area (Å²) >= 11 is 0.400. The van der Waals surface area contributed by atoms with Crippen molar-refractivity contribution in [1.82, 2.24) is 30.6 Å². The van der Waals surface area contributed by atoms with E-state index in [9.17, 15) is 48.3 Å². The van der Waals surface area contributed by atoms with Crippen LogP contribution in [0, 0.1) is 42.9 Å². The predicted octanol–water partition coefficient (Wildman–Crippen LogP) is 14.4. The summed E-state index contributed by atoms with van der Waals surface area (Å²) in [5.41, 5.74) is 4.06. The van der Waals surface area contributed by atoms with Crippen LogP contribution in [0.2, 0.25) is 0 Å². The van der Waals surface area contributed by atoms with Crippen LogP contribution in [-0.2, 0) is 45.0 Å². The molecule has 0 saturated heterocycles. The summed E-state index contributed by atoms with van der Waals surface area (Å²) in [6.45, 7) is 4.06. The van der Waals surface area contributed by atoms with Gasteiger partial charge in [-0.2, -0.15) is 11.4 Å². The van der Waals surface area contributed by atoms with E-state index < -0.39 is 96.0 Å². The minimum Gasteiger partial charge on any atom is -0.804 e. The number of nitrogens with one attached hydrogen (secondary N) is 2. The number of nitrogens with zero attached hydrogens (tertiary/aromatic N) is 6. The molecule has 0 atom stereocenters. The molecule has 6 aromatic carbocycles. The van der Waals surface area contributed by atoms with Gasteiger partial charge in [0.25, 0.3) is 0 Å². The van der Waals surface area contributed by atoms with E-state index in [2.05, 4.69) is 54.8 Å². The molecule has 3 N–H and O–H groups in total. The van der Waals surface area contributed by atoms with Crippen molar-refractivity contribution < 1.29 is 74.8 Å². The first kappa shape index (κ1) is 69.5. The van der Waals surface area contributed by atoms with Crippen molar-refractivity contribution in [2.45, 2.75) is 38.0 Å². The van der Waals surface area contributed by atoms with Gasteiger partial charge in [0.15, 0.2) is 17.5 Å². The van der Waals surface area contributed by atoms with Crippen LogP contribution < -0.4 is 16.1 Å². The van der Waals surface area contributed by atoms with Crippen LogP contribution in [0.3, 0.4) is 0 Å². The molecule has 13 rings (SSSR count). The number of hydrogen-bond donors (Lipinski definition) is 3. The molecule has 1 radical (unpaired) electrons. The average molecular weight is 1420 g/mol. The van der Waals surface area contributed by atoms with E-state index in [0.717, 1.165) is 73.1 Å². The van der Waals surface area contributed by atoms with Gasteiger partial charge in [-0.25, -0.2) is 26.7 Å². The Labute approximate surface area is 568 Å².